The number of nitrogens with one attached hydrogen (secondary N) is 1. The SMILES string of the molecule is CC(=O)Nc1ccc([C@@H]2CN(C(=O)OCc3ccccc3)C[C@H]2C(=O)O)cc1. The highest BCUT2D eigenvalue weighted by molar-refractivity contribution is 5.88. The van der Waals surface area contributed by atoms with Crippen LogP contribution in [0.1, 0.15) is 24.0 Å². The Hall–Kier alpha value is -3.35. The molecule has 0 saturated carbocycles. The molecular weight excluding hydrogens is 360 g/mol. The van der Waals surface area contributed by atoms with E-state index >= 15 is 0 Å². The number of aliphatic carboxylic acids is 1. The molecule has 7 nitrogen and oxygen atoms in total. The second-order valence-electron chi connectivity index (χ2n) is 6.80. The molecular formula is C21H22N2O5. The van der Waals surface area contributed by atoms with Gasteiger partial charge in [0.25, 0.3) is 0 Å². The number of hydrogen-bond donors (Lipinski definition) is 2. The summed E-state index contributed by atoms with van der Waals surface area (Å²) < 4.78 is 5.33. The van der Waals surface area contributed by atoms with Gasteiger partial charge in [-0.05, 0) is 23.3 Å². The fourth-order valence-electron chi connectivity index (χ4n) is 3.37. The molecule has 2 aromatic rings. The molecule has 0 unspecified atom stereocenters. The Labute approximate surface area is 162 Å². The number of rotatable bonds is 5. The van der Waals surface area contributed by atoms with Gasteiger partial charge in [0.05, 0.1) is 5.92 Å². The monoisotopic (exact) mass is 382 g/mol. The van der Waals surface area contributed by atoms with Crippen molar-refractivity contribution >= 4 is 23.7 Å². The Morgan fingerprint density at radius 2 is 1.75 bits per heavy atom. The summed E-state index contributed by atoms with van der Waals surface area (Å²) in [6, 6.07) is 16.3. The molecule has 2 atom stereocenters. The van der Waals surface area contributed by atoms with E-state index in [2.05, 4.69) is 5.32 Å². The maximum Gasteiger partial charge on any atom is 0.410 e. The summed E-state index contributed by atoms with van der Waals surface area (Å²) in [5.74, 6) is -2.18. The molecule has 146 valence electrons. The van der Waals surface area contributed by atoms with Crippen LogP contribution in [0.4, 0.5) is 10.5 Å². The molecule has 0 aliphatic carbocycles. The number of likely N-dealkylation sites (tertiary alicyclic amines) is 1. The summed E-state index contributed by atoms with van der Waals surface area (Å²) in [5, 5.41) is 12.3. The summed E-state index contributed by atoms with van der Waals surface area (Å²) in [7, 11) is 0. The van der Waals surface area contributed by atoms with E-state index in [-0.39, 0.29) is 31.5 Å². The number of anilines is 1. The van der Waals surface area contributed by atoms with Crippen LogP contribution in [0, 0.1) is 5.92 Å². The van der Waals surface area contributed by atoms with Crippen molar-refractivity contribution in [2.24, 2.45) is 5.92 Å². The highest BCUT2D eigenvalue weighted by Crippen LogP contribution is 2.34. The smallest absolute Gasteiger partial charge is 0.410 e. The highest BCUT2D eigenvalue weighted by atomic mass is 16.6. The van der Waals surface area contributed by atoms with Crippen LogP contribution in [0.25, 0.3) is 0 Å². The Morgan fingerprint density at radius 3 is 2.36 bits per heavy atom. The molecule has 2 N–H and O–H groups in total. The van der Waals surface area contributed by atoms with E-state index in [9.17, 15) is 19.5 Å². The van der Waals surface area contributed by atoms with Crippen molar-refractivity contribution in [3.8, 4) is 0 Å². The van der Waals surface area contributed by atoms with Crippen molar-refractivity contribution in [1.29, 1.82) is 0 Å². The summed E-state index contributed by atoms with van der Waals surface area (Å²) in [6.07, 6.45) is -0.521. The quantitative estimate of drug-likeness (QED) is 0.828. The third kappa shape index (κ3) is 4.68. The molecule has 3 rings (SSSR count). The average Bonchev–Trinajstić information content (AvgIpc) is 3.13. The molecule has 1 aliphatic rings. The molecule has 1 fully saturated rings. The molecule has 2 amide bonds. The van der Waals surface area contributed by atoms with Crippen molar-refractivity contribution in [2.45, 2.75) is 19.4 Å². The van der Waals surface area contributed by atoms with Crippen LogP contribution in [-0.2, 0) is 20.9 Å². The number of nitrogens with zero attached hydrogens (tertiary/aromatic N) is 1. The minimum Gasteiger partial charge on any atom is -0.481 e. The van der Waals surface area contributed by atoms with Gasteiger partial charge in [-0.15, -0.1) is 0 Å². The van der Waals surface area contributed by atoms with Gasteiger partial charge in [-0.3, -0.25) is 9.59 Å². The van der Waals surface area contributed by atoms with Gasteiger partial charge in [0.15, 0.2) is 0 Å². The molecule has 1 heterocycles. The third-order valence-electron chi connectivity index (χ3n) is 4.76. The number of benzene rings is 2. The zero-order chi connectivity index (χ0) is 20.1. The Kier molecular flexibility index (Phi) is 5.93. The van der Waals surface area contributed by atoms with Crippen molar-refractivity contribution in [2.75, 3.05) is 18.4 Å². The zero-order valence-electron chi connectivity index (χ0n) is 15.5. The van der Waals surface area contributed by atoms with Gasteiger partial charge in [-0.25, -0.2) is 4.79 Å². The number of carbonyl (C=O) groups is 3. The number of carboxylic acids is 1. The Bertz CT molecular complexity index is 851. The van der Waals surface area contributed by atoms with E-state index in [1.54, 1.807) is 24.3 Å². The average molecular weight is 382 g/mol. The second kappa shape index (κ2) is 8.56. The summed E-state index contributed by atoms with van der Waals surface area (Å²) >= 11 is 0. The molecule has 7 heteroatoms. The second-order valence-corrected chi connectivity index (χ2v) is 6.80. The van der Waals surface area contributed by atoms with E-state index in [1.165, 1.54) is 11.8 Å². The molecule has 1 aliphatic heterocycles. The minimum absolute atomic E-state index is 0.0983. The largest absolute Gasteiger partial charge is 0.481 e. The lowest BCUT2D eigenvalue weighted by Crippen LogP contribution is -2.30. The predicted octanol–water partition coefficient (Wildman–Crippen LogP) is 3.08. The summed E-state index contributed by atoms with van der Waals surface area (Å²) in [5.41, 5.74) is 2.31. The minimum atomic E-state index is -0.950. The predicted molar refractivity (Wildman–Crippen MR) is 103 cm³/mol. The van der Waals surface area contributed by atoms with E-state index in [0.717, 1.165) is 11.1 Å². The molecule has 0 aromatic heterocycles. The van der Waals surface area contributed by atoms with Gasteiger partial charge >= 0.3 is 12.1 Å². The first kappa shape index (κ1) is 19.4. The topological polar surface area (TPSA) is 95.9 Å². The lowest BCUT2D eigenvalue weighted by Gasteiger charge is -2.17. The molecule has 0 radical (unpaired) electrons. The number of carbonyl (C=O) groups excluding carboxylic acids is 2. The van der Waals surface area contributed by atoms with Gasteiger partial charge in [0.1, 0.15) is 6.61 Å². The van der Waals surface area contributed by atoms with Gasteiger partial charge in [0, 0.05) is 31.6 Å². The summed E-state index contributed by atoms with van der Waals surface area (Å²) in [4.78, 5) is 36.7. The van der Waals surface area contributed by atoms with Crippen LogP contribution in [-0.4, -0.2) is 41.1 Å². The van der Waals surface area contributed by atoms with Crippen LogP contribution >= 0.6 is 0 Å². The first-order valence-electron chi connectivity index (χ1n) is 9.00. The molecule has 0 bridgehead atoms. The van der Waals surface area contributed by atoms with Crippen LogP contribution in [0.3, 0.4) is 0 Å². The zero-order valence-corrected chi connectivity index (χ0v) is 15.5. The lowest BCUT2D eigenvalue weighted by atomic mass is 9.89. The lowest BCUT2D eigenvalue weighted by molar-refractivity contribution is -0.141. The molecule has 28 heavy (non-hydrogen) atoms. The normalized spacial score (nSPS) is 18.5. The van der Waals surface area contributed by atoms with Gasteiger partial charge < -0.3 is 20.1 Å². The van der Waals surface area contributed by atoms with Crippen molar-refractivity contribution < 1.29 is 24.2 Å². The van der Waals surface area contributed by atoms with E-state index < -0.39 is 18.0 Å². The summed E-state index contributed by atoms with van der Waals surface area (Å²) in [6.45, 7) is 1.93. The van der Waals surface area contributed by atoms with E-state index in [4.69, 9.17) is 4.74 Å². The van der Waals surface area contributed by atoms with Crippen molar-refractivity contribution in [3.63, 3.8) is 0 Å². The molecule has 1 saturated heterocycles. The molecule has 2 aromatic carbocycles. The fourth-order valence-corrected chi connectivity index (χ4v) is 3.37. The standard InChI is InChI=1S/C21H22N2O5/c1-14(24)22-17-9-7-16(8-10-17)18-11-23(12-19(18)20(25)26)21(27)28-13-15-5-3-2-4-6-15/h2-10,18-19H,11-13H2,1H3,(H,22,24)(H,25,26)/t18-,19+/m0/s1. The number of ether oxygens (including phenoxy) is 1. The fraction of sp³-hybridized carbons (Fsp3) is 0.286. The van der Waals surface area contributed by atoms with Crippen LogP contribution in [0.2, 0.25) is 0 Å². The Balaban J connectivity index is 1.67. The highest BCUT2D eigenvalue weighted by Gasteiger charge is 2.41. The van der Waals surface area contributed by atoms with Crippen LogP contribution in [0.15, 0.2) is 54.6 Å². The maximum absolute atomic E-state index is 12.4. The van der Waals surface area contributed by atoms with Crippen molar-refractivity contribution in [1.82, 2.24) is 4.90 Å². The molecule has 0 spiro atoms. The van der Waals surface area contributed by atoms with Crippen LogP contribution < -0.4 is 5.32 Å². The first-order valence-corrected chi connectivity index (χ1v) is 9.00. The number of carboxylic acid groups (broad SMARTS) is 1. The van der Waals surface area contributed by atoms with Gasteiger partial charge in [0.2, 0.25) is 5.91 Å². The van der Waals surface area contributed by atoms with Gasteiger partial charge in [-0.2, -0.15) is 0 Å². The number of hydrogen-bond acceptors (Lipinski definition) is 4. The van der Waals surface area contributed by atoms with Gasteiger partial charge in [-0.1, -0.05) is 42.5 Å². The third-order valence-corrected chi connectivity index (χ3v) is 4.76. The van der Waals surface area contributed by atoms with E-state index in [0.29, 0.717) is 5.69 Å². The maximum atomic E-state index is 12.4. The first-order chi connectivity index (χ1) is 13.4. The number of amides is 2. The van der Waals surface area contributed by atoms with Crippen LogP contribution in [0.5, 0.6) is 0 Å². The van der Waals surface area contributed by atoms with E-state index in [1.807, 2.05) is 30.3 Å². The van der Waals surface area contributed by atoms with Crippen molar-refractivity contribution in [3.05, 3.63) is 65.7 Å². The Morgan fingerprint density at radius 1 is 1.07 bits per heavy atom.